The first-order valence-corrected chi connectivity index (χ1v) is 6.93. The first kappa shape index (κ1) is 18.6. The summed E-state index contributed by atoms with van der Waals surface area (Å²) in [5.41, 5.74) is 1.10. The maximum Gasteiger partial charge on any atom is 0.191 e. The molecule has 2 N–H and O–H groups in total. The predicted molar refractivity (Wildman–Crippen MR) is 91.7 cm³/mol. The molecule has 0 aliphatic heterocycles. The Morgan fingerprint density at radius 2 is 2.11 bits per heavy atom. The molecule has 0 aliphatic carbocycles. The van der Waals surface area contributed by atoms with Gasteiger partial charge < -0.3 is 15.4 Å². The second kappa shape index (κ2) is 10.4. The van der Waals surface area contributed by atoms with Gasteiger partial charge in [-0.05, 0) is 20.8 Å². The summed E-state index contributed by atoms with van der Waals surface area (Å²) in [6.45, 7) is 9.03. The van der Waals surface area contributed by atoms with E-state index in [0.717, 1.165) is 29.8 Å². The van der Waals surface area contributed by atoms with Gasteiger partial charge in [0.05, 0.1) is 18.8 Å². The number of hydrogen-bond donors (Lipinski definition) is 2. The average molecular weight is 398 g/mol. The molecule has 0 saturated heterocycles. The summed E-state index contributed by atoms with van der Waals surface area (Å²) in [5.74, 6) is 0.806. The fourth-order valence-corrected chi connectivity index (χ4v) is 2.23. The van der Waals surface area contributed by atoms with Gasteiger partial charge in [0, 0.05) is 25.1 Å². The van der Waals surface area contributed by atoms with E-state index >= 15 is 0 Å². The van der Waals surface area contributed by atoms with Crippen molar-refractivity contribution in [3.63, 3.8) is 0 Å². The summed E-state index contributed by atoms with van der Waals surface area (Å²) in [6.07, 6.45) is 0. The highest BCUT2D eigenvalue weighted by atomic mass is 127. The molecule has 0 atom stereocenters. The summed E-state index contributed by atoms with van der Waals surface area (Å²) < 4.78 is 5.00. The van der Waals surface area contributed by atoms with Crippen LogP contribution in [0, 0.1) is 13.8 Å². The molecule has 19 heavy (non-hydrogen) atoms. The van der Waals surface area contributed by atoms with Crippen molar-refractivity contribution in [2.45, 2.75) is 27.3 Å². The van der Waals surface area contributed by atoms with Crippen LogP contribution in [0.1, 0.15) is 22.5 Å². The zero-order valence-corrected chi connectivity index (χ0v) is 15.1. The monoisotopic (exact) mass is 398 g/mol. The van der Waals surface area contributed by atoms with Gasteiger partial charge in [-0.1, -0.05) is 0 Å². The number of rotatable bonds is 6. The summed E-state index contributed by atoms with van der Waals surface area (Å²) in [4.78, 5) is 10.2. The highest BCUT2D eigenvalue weighted by Crippen LogP contribution is 2.16. The number of nitrogens with one attached hydrogen (secondary N) is 2. The van der Waals surface area contributed by atoms with E-state index in [2.05, 4.69) is 27.5 Å². The van der Waals surface area contributed by atoms with Crippen LogP contribution in [0.5, 0.6) is 0 Å². The Balaban J connectivity index is 0.00000324. The zero-order chi connectivity index (χ0) is 13.4. The van der Waals surface area contributed by atoms with Crippen molar-refractivity contribution in [2.75, 3.05) is 26.8 Å². The maximum atomic E-state index is 5.00. The summed E-state index contributed by atoms with van der Waals surface area (Å²) >= 11 is 1.70. The fraction of sp³-hybridized carbons (Fsp3) is 0.667. The van der Waals surface area contributed by atoms with Crippen LogP contribution in [0.25, 0.3) is 0 Å². The molecule has 0 aliphatic rings. The van der Waals surface area contributed by atoms with E-state index in [1.807, 2.05) is 13.8 Å². The van der Waals surface area contributed by atoms with Gasteiger partial charge in [0.1, 0.15) is 5.01 Å². The zero-order valence-electron chi connectivity index (χ0n) is 11.9. The Morgan fingerprint density at radius 1 is 1.37 bits per heavy atom. The van der Waals surface area contributed by atoms with Crippen molar-refractivity contribution < 1.29 is 4.74 Å². The third kappa shape index (κ3) is 7.07. The minimum Gasteiger partial charge on any atom is -0.383 e. The third-order valence-corrected chi connectivity index (χ3v) is 3.45. The van der Waals surface area contributed by atoms with Gasteiger partial charge in [-0.2, -0.15) is 0 Å². The molecule has 110 valence electrons. The van der Waals surface area contributed by atoms with Crippen LogP contribution in [0.15, 0.2) is 4.99 Å². The Kier molecular flexibility index (Phi) is 10.2. The van der Waals surface area contributed by atoms with Gasteiger partial charge in [0.15, 0.2) is 5.96 Å². The highest BCUT2D eigenvalue weighted by Gasteiger charge is 2.03. The molecular weight excluding hydrogens is 375 g/mol. The SMILES string of the molecule is CCNC(=NCc1nc(C)c(C)s1)NCCOC.I. The number of ether oxygens (including phenoxy) is 1. The lowest BCUT2D eigenvalue weighted by molar-refractivity contribution is 0.203. The normalized spacial score (nSPS) is 11.1. The van der Waals surface area contributed by atoms with Crippen LogP contribution < -0.4 is 10.6 Å². The van der Waals surface area contributed by atoms with Gasteiger partial charge in [0.2, 0.25) is 0 Å². The third-order valence-electron chi connectivity index (χ3n) is 2.39. The molecule has 0 unspecified atom stereocenters. The molecule has 1 aromatic heterocycles. The smallest absolute Gasteiger partial charge is 0.191 e. The van der Waals surface area contributed by atoms with Gasteiger partial charge in [-0.25, -0.2) is 9.98 Å². The summed E-state index contributed by atoms with van der Waals surface area (Å²) in [7, 11) is 1.69. The van der Waals surface area contributed by atoms with E-state index < -0.39 is 0 Å². The van der Waals surface area contributed by atoms with E-state index in [4.69, 9.17) is 4.74 Å². The lowest BCUT2D eigenvalue weighted by Crippen LogP contribution is -2.38. The minimum absolute atomic E-state index is 0. The molecule has 5 nitrogen and oxygen atoms in total. The lowest BCUT2D eigenvalue weighted by atomic mass is 10.4. The molecule has 0 saturated carbocycles. The standard InChI is InChI=1S/C12H22N4OS.HI/c1-5-13-12(14-6-7-17-4)15-8-11-16-9(2)10(3)18-11;/h5-8H2,1-4H3,(H2,13,14,15);1H. The highest BCUT2D eigenvalue weighted by molar-refractivity contribution is 14.0. The van der Waals surface area contributed by atoms with Crippen LogP contribution in [0.3, 0.4) is 0 Å². The molecule has 0 spiro atoms. The first-order chi connectivity index (χ1) is 8.67. The molecule has 0 aromatic carbocycles. The van der Waals surface area contributed by atoms with Crippen LogP contribution in [0.2, 0.25) is 0 Å². The Hall–Kier alpha value is -0.410. The maximum absolute atomic E-state index is 5.00. The van der Waals surface area contributed by atoms with E-state index in [1.165, 1.54) is 4.88 Å². The van der Waals surface area contributed by atoms with Crippen molar-refractivity contribution in [1.29, 1.82) is 0 Å². The van der Waals surface area contributed by atoms with Crippen LogP contribution in [0.4, 0.5) is 0 Å². The fourth-order valence-electron chi connectivity index (χ4n) is 1.37. The number of thiazole rings is 1. The van der Waals surface area contributed by atoms with Crippen molar-refractivity contribution >= 4 is 41.3 Å². The number of hydrogen-bond acceptors (Lipinski definition) is 4. The molecule has 0 radical (unpaired) electrons. The molecule has 0 amide bonds. The molecule has 1 heterocycles. The Labute approximate surface area is 136 Å². The van der Waals surface area contributed by atoms with Gasteiger partial charge in [-0.3, -0.25) is 0 Å². The molecule has 1 aromatic rings. The predicted octanol–water partition coefficient (Wildman–Crippen LogP) is 2.08. The van der Waals surface area contributed by atoms with Crippen LogP contribution in [-0.2, 0) is 11.3 Å². The number of guanidine groups is 1. The van der Waals surface area contributed by atoms with Crippen molar-refractivity contribution in [3.05, 3.63) is 15.6 Å². The number of aryl methyl sites for hydroxylation is 2. The van der Waals surface area contributed by atoms with E-state index in [-0.39, 0.29) is 24.0 Å². The quantitative estimate of drug-likeness (QED) is 0.334. The molecule has 0 fully saturated rings. The topological polar surface area (TPSA) is 58.5 Å². The number of aliphatic imine (C=N–C) groups is 1. The van der Waals surface area contributed by atoms with Crippen molar-refractivity contribution in [1.82, 2.24) is 15.6 Å². The van der Waals surface area contributed by atoms with Gasteiger partial charge in [0.25, 0.3) is 0 Å². The second-order valence-corrected chi connectivity index (χ2v) is 5.15. The van der Waals surface area contributed by atoms with Gasteiger partial charge in [-0.15, -0.1) is 35.3 Å². The minimum atomic E-state index is 0. The van der Waals surface area contributed by atoms with Crippen molar-refractivity contribution in [2.24, 2.45) is 4.99 Å². The van der Waals surface area contributed by atoms with Crippen molar-refractivity contribution in [3.8, 4) is 0 Å². The molecule has 7 heteroatoms. The average Bonchev–Trinajstić information content (AvgIpc) is 2.66. The molecular formula is C12H23IN4OS. The van der Waals surface area contributed by atoms with Gasteiger partial charge >= 0.3 is 0 Å². The summed E-state index contributed by atoms with van der Waals surface area (Å²) in [5, 5.41) is 7.45. The van der Waals surface area contributed by atoms with Crippen LogP contribution in [-0.4, -0.2) is 37.7 Å². The molecule has 0 bridgehead atoms. The molecule has 1 rings (SSSR count). The first-order valence-electron chi connectivity index (χ1n) is 6.11. The van der Waals surface area contributed by atoms with E-state index in [0.29, 0.717) is 13.2 Å². The van der Waals surface area contributed by atoms with E-state index in [1.54, 1.807) is 18.4 Å². The Morgan fingerprint density at radius 3 is 2.63 bits per heavy atom. The largest absolute Gasteiger partial charge is 0.383 e. The number of methoxy groups -OCH3 is 1. The number of halogens is 1. The lowest BCUT2D eigenvalue weighted by Gasteiger charge is -2.10. The Bertz CT molecular complexity index is 376. The van der Waals surface area contributed by atoms with Crippen LogP contribution >= 0.6 is 35.3 Å². The number of nitrogens with zero attached hydrogens (tertiary/aromatic N) is 2. The number of aromatic nitrogens is 1. The van der Waals surface area contributed by atoms with E-state index in [9.17, 15) is 0 Å². The summed E-state index contributed by atoms with van der Waals surface area (Å²) in [6, 6.07) is 0. The second-order valence-electron chi connectivity index (χ2n) is 3.86.